The highest BCUT2D eigenvalue weighted by Gasteiger charge is 2.41. The predicted octanol–water partition coefficient (Wildman–Crippen LogP) is 1.16. The third-order valence-electron chi connectivity index (χ3n) is 3.25. The molecule has 6 nitrogen and oxygen atoms in total. The maximum absolute atomic E-state index is 12.0. The fraction of sp³-hybridized carbons (Fsp3) is 0.500. The van der Waals surface area contributed by atoms with E-state index in [1.54, 1.807) is 6.07 Å². The third-order valence-corrected chi connectivity index (χ3v) is 3.25. The molecule has 3 atom stereocenters. The van der Waals surface area contributed by atoms with Gasteiger partial charge in [0.2, 0.25) is 11.9 Å². The van der Waals surface area contributed by atoms with Gasteiger partial charge in [-0.2, -0.15) is 0 Å². The first-order valence-corrected chi connectivity index (χ1v) is 5.88. The van der Waals surface area contributed by atoms with Crippen LogP contribution in [0.15, 0.2) is 18.5 Å². The lowest BCUT2D eigenvalue weighted by atomic mass is 9.95. The average molecular weight is 249 g/mol. The van der Waals surface area contributed by atoms with Gasteiger partial charge < -0.3 is 5.11 Å². The van der Waals surface area contributed by atoms with E-state index in [0.717, 1.165) is 0 Å². The minimum absolute atomic E-state index is 0.214. The molecule has 1 aromatic heterocycles. The molecule has 0 saturated heterocycles. The number of carbonyl (C=O) groups excluding carboxylic acids is 1. The van der Waals surface area contributed by atoms with E-state index in [4.69, 9.17) is 5.11 Å². The summed E-state index contributed by atoms with van der Waals surface area (Å²) in [5, 5.41) is 11.7. The molecule has 0 aromatic carbocycles. The SMILES string of the molecule is CC1C[C@H](C(=O)Nc2ncccn2)[C@H](C(=O)O)C1. The maximum Gasteiger partial charge on any atom is 0.307 e. The molecule has 1 aliphatic rings. The summed E-state index contributed by atoms with van der Waals surface area (Å²) in [6.07, 6.45) is 4.18. The van der Waals surface area contributed by atoms with Gasteiger partial charge in [0.1, 0.15) is 0 Å². The first-order chi connectivity index (χ1) is 8.58. The Bertz CT molecular complexity index is 449. The van der Waals surface area contributed by atoms with Gasteiger partial charge in [0.15, 0.2) is 0 Å². The van der Waals surface area contributed by atoms with Crippen LogP contribution in [-0.2, 0) is 9.59 Å². The maximum atomic E-state index is 12.0. The van der Waals surface area contributed by atoms with E-state index in [-0.39, 0.29) is 17.8 Å². The van der Waals surface area contributed by atoms with Crippen molar-refractivity contribution in [2.45, 2.75) is 19.8 Å². The molecular formula is C12H15N3O3. The normalized spacial score (nSPS) is 26.8. The average Bonchev–Trinajstić information content (AvgIpc) is 2.73. The summed E-state index contributed by atoms with van der Waals surface area (Å²) >= 11 is 0. The number of rotatable bonds is 3. The van der Waals surface area contributed by atoms with Crippen molar-refractivity contribution >= 4 is 17.8 Å². The largest absolute Gasteiger partial charge is 0.481 e. The minimum atomic E-state index is -0.909. The zero-order chi connectivity index (χ0) is 13.1. The van der Waals surface area contributed by atoms with Crippen molar-refractivity contribution in [2.24, 2.45) is 17.8 Å². The van der Waals surface area contributed by atoms with Crippen molar-refractivity contribution < 1.29 is 14.7 Å². The summed E-state index contributed by atoms with van der Waals surface area (Å²) in [6.45, 7) is 1.96. The van der Waals surface area contributed by atoms with E-state index in [1.165, 1.54) is 12.4 Å². The van der Waals surface area contributed by atoms with Crippen LogP contribution in [0.25, 0.3) is 0 Å². The number of aliphatic carboxylic acids is 1. The number of hydrogen-bond donors (Lipinski definition) is 2. The van der Waals surface area contributed by atoms with Crippen LogP contribution in [0.4, 0.5) is 5.95 Å². The Morgan fingerprint density at radius 2 is 1.89 bits per heavy atom. The molecule has 1 aliphatic carbocycles. The van der Waals surface area contributed by atoms with Crippen molar-refractivity contribution in [3.63, 3.8) is 0 Å². The molecule has 0 radical (unpaired) electrons. The van der Waals surface area contributed by atoms with Crippen molar-refractivity contribution in [1.29, 1.82) is 0 Å². The number of amides is 1. The number of carboxylic acids is 1. The van der Waals surface area contributed by atoms with Crippen LogP contribution in [0, 0.1) is 17.8 Å². The Hall–Kier alpha value is -1.98. The highest BCUT2D eigenvalue weighted by atomic mass is 16.4. The fourth-order valence-electron chi connectivity index (χ4n) is 2.42. The van der Waals surface area contributed by atoms with Crippen LogP contribution < -0.4 is 5.32 Å². The summed E-state index contributed by atoms with van der Waals surface area (Å²) in [6, 6.07) is 1.65. The van der Waals surface area contributed by atoms with Crippen LogP contribution in [0.1, 0.15) is 19.8 Å². The molecule has 2 N–H and O–H groups in total. The van der Waals surface area contributed by atoms with Gasteiger partial charge in [-0.1, -0.05) is 6.92 Å². The van der Waals surface area contributed by atoms with E-state index in [1.807, 2.05) is 6.92 Å². The zero-order valence-corrected chi connectivity index (χ0v) is 10.0. The van der Waals surface area contributed by atoms with Gasteiger partial charge >= 0.3 is 5.97 Å². The van der Waals surface area contributed by atoms with Crippen LogP contribution in [-0.4, -0.2) is 27.0 Å². The second kappa shape index (κ2) is 5.12. The van der Waals surface area contributed by atoms with Gasteiger partial charge in [0, 0.05) is 12.4 Å². The zero-order valence-electron chi connectivity index (χ0n) is 10.0. The van der Waals surface area contributed by atoms with Gasteiger partial charge in [-0.25, -0.2) is 9.97 Å². The topological polar surface area (TPSA) is 92.2 Å². The molecule has 6 heteroatoms. The first-order valence-electron chi connectivity index (χ1n) is 5.88. The number of aromatic nitrogens is 2. The van der Waals surface area contributed by atoms with E-state index >= 15 is 0 Å². The molecule has 1 fully saturated rings. The molecule has 0 aliphatic heterocycles. The van der Waals surface area contributed by atoms with E-state index < -0.39 is 17.8 Å². The van der Waals surface area contributed by atoms with Crippen LogP contribution in [0.2, 0.25) is 0 Å². The first kappa shape index (κ1) is 12.5. The molecule has 1 amide bonds. The standard InChI is InChI=1S/C12H15N3O3/c1-7-5-8(9(6-7)11(17)18)10(16)15-12-13-3-2-4-14-12/h2-4,7-9H,5-6H2,1H3,(H,17,18)(H,13,14,15,16)/t7?,8-,9+/m0/s1. The van der Waals surface area contributed by atoms with Crippen molar-refractivity contribution in [3.8, 4) is 0 Å². The van der Waals surface area contributed by atoms with Crippen LogP contribution in [0.5, 0.6) is 0 Å². The minimum Gasteiger partial charge on any atom is -0.481 e. The van der Waals surface area contributed by atoms with Gasteiger partial charge in [-0.15, -0.1) is 0 Å². The van der Waals surface area contributed by atoms with Crippen LogP contribution >= 0.6 is 0 Å². The lowest BCUT2D eigenvalue weighted by Gasteiger charge is -2.14. The lowest BCUT2D eigenvalue weighted by Crippen LogP contribution is -2.30. The molecular weight excluding hydrogens is 234 g/mol. The summed E-state index contributed by atoms with van der Waals surface area (Å²) < 4.78 is 0. The van der Waals surface area contributed by atoms with Gasteiger partial charge in [0.05, 0.1) is 11.8 Å². The van der Waals surface area contributed by atoms with E-state index in [2.05, 4.69) is 15.3 Å². The monoisotopic (exact) mass is 249 g/mol. The fourth-order valence-corrected chi connectivity index (χ4v) is 2.42. The molecule has 0 spiro atoms. The Morgan fingerprint density at radius 1 is 1.28 bits per heavy atom. The molecule has 1 aromatic rings. The van der Waals surface area contributed by atoms with Gasteiger partial charge in [0.25, 0.3) is 0 Å². The smallest absolute Gasteiger partial charge is 0.307 e. The quantitative estimate of drug-likeness (QED) is 0.838. The molecule has 1 saturated carbocycles. The predicted molar refractivity (Wildman–Crippen MR) is 63.7 cm³/mol. The van der Waals surface area contributed by atoms with Gasteiger partial charge in [-0.05, 0) is 24.8 Å². The molecule has 2 rings (SSSR count). The molecule has 18 heavy (non-hydrogen) atoms. The highest BCUT2D eigenvalue weighted by molar-refractivity contribution is 5.94. The number of carbonyl (C=O) groups is 2. The van der Waals surface area contributed by atoms with Gasteiger partial charge in [-0.3, -0.25) is 14.9 Å². The third kappa shape index (κ3) is 2.64. The Kier molecular flexibility index (Phi) is 3.55. The lowest BCUT2D eigenvalue weighted by molar-refractivity contribution is -0.145. The number of anilines is 1. The molecule has 1 unspecified atom stereocenters. The highest BCUT2D eigenvalue weighted by Crippen LogP contribution is 2.36. The summed E-state index contributed by atoms with van der Waals surface area (Å²) in [5.74, 6) is -1.86. The number of hydrogen-bond acceptors (Lipinski definition) is 4. The second-order valence-corrected chi connectivity index (χ2v) is 4.69. The summed E-state index contributed by atoms with van der Waals surface area (Å²) in [7, 11) is 0. The Labute approximate surface area is 104 Å². The van der Waals surface area contributed by atoms with E-state index in [9.17, 15) is 9.59 Å². The van der Waals surface area contributed by atoms with Crippen molar-refractivity contribution in [1.82, 2.24) is 9.97 Å². The van der Waals surface area contributed by atoms with Crippen molar-refractivity contribution in [3.05, 3.63) is 18.5 Å². The number of nitrogens with zero attached hydrogens (tertiary/aromatic N) is 2. The van der Waals surface area contributed by atoms with E-state index in [0.29, 0.717) is 12.8 Å². The molecule has 1 heterocycles. The Morgan fingerprint density at radius 3 is 2.50 bits per heavy atom. The second-order valence-electron chi connectivity index (χ2n) is 4.69. The van der Waals surface area contributed by atoms with Crippen molar-refractivity contribution in [2.75, 3.05) is 5.32 Å². The molecule has 0 bridgehead atoms. The summed E-state index contributed by atoms with van der Waals surface area (Å²) in [4.78, 5) is 30.9. The summed E-state index contributed by atoms with van der Waals surface area (Å²) in [5.41, 5.74) is 0. The number of nitrogens with one attached hydrogen (secondary N) is 1. The Balaban J connectivity index is 2.06. The van der Waals surface area contributed by atoms with Crippen LogP contribution in [0.3, 0.4) is 0 Å². The number of carboxylic acid groups (broad SMARTS) is 1. The molecule has 96 valence electrons.